The third-order valence-electron chi connectivity index (χ3n) is 4.54. The summed E-state index contributed by atoms with van der Waals surface area (Å²) in [6, 6.07) is 4.78. The molecule has 2 rings (SSSR count). The molecule has 4 N–H and O–H groups in total. The normalized spacial score (nSPS) is 18.4. The minimum Gasteiger partial charge on any atom is -0.382 e. The van der Waals surface area contributed by atoms with Gasteiger partial charge in [-0.25, -0.2) is 0 Å². The van der Waals surface area contributed by atoms with Crippen LogP contribution in [0.4, 0.5) is 0 Å². The quantitative estimate of drug-likeness (QED) is 0.731. The Kier molecular flexibility index (Phi) is 7.15. The molecule has 23 heavy (non-hydrogen) atoms. The van der Waals surface area contributed by atoms with Gasteiger partial charge in [-0.15, -0.1) is 0 Å². The molecule has 0 aromatic heterocycles. The predicted octanol–water partition coefficient (Wildman–Crippen LogP) is 2.92. The fraction of sp³-hybridized carbons (Fsp3) is 0.588. The molecule has 1 saturated carbocycles. The number of carbonyl (C=O) groups is 1. The number of hydrogen-bond donors (Lipinski definition) is 3. The van der Waals surface area contributed by atoms with Crippen molar-refractivity contribution in [1.82, 2.24) is 5.32 Å². The van der Waals surface area contributed by atoms with Gasteiger partial charge in [-0.2, -0.15) is 0 Å². The van der Waals surface area contributed by atoms with Crippen LogP contribution in [-0.2, 0) is 11.2 Å². The van der Waals surface area contributed by atoms with Crippen molar-refractivity contribution in [2.75, 3.05) is 6.54 Å². The average molecular weight is 359 g/mol. The monoisotopic (exact) mass is 358 g/mol. The molecular weight excluding hydrogens is 335 g/mol. The number of rotatable bonds is 6. The fourth-order valence-electron chi connectivity index (χ4n) is 3.10. The minimum atomic E-state index is -1.15. The van der Waals surface area contributed by atoms with Crippen molar-refractivity contribution in [2.45, 2.75) is 50.7 Å². The van der Waals surface area contributed by atoms with E-state index >= 15 is 0 Å². The number of nitrogens with two attached hydrogens (primary N) is 1. The van der Waals surface area contributed by atoms with Crippen molar-refractivity contribution < 1.29 is 9.90 Å². The lowest BCUT2D eigenvalue weighted by molar-refractivity contribution is -0.131. The van der Waals surface area contributed by atoms with Gasteiger partial charge in [0.25, 0.3) is 0 Å². The van der Waals surface area contributed by atoms with Crippen LogP contribution in [0.25, 0.3) is 0 Å². The van der Waals surface area contributed by atoms with Crippen molar-refractivity contribution in [3.8, 4) is 0 Å². The van der Waals surface area contributed by atoms with Crippen LogP contribution >= 0.6 is 23.2 Å². The second kappa shape index (κ2) is 8.88. The van der Waals surface area contributed by atoms with E-state index in [1.165, 1.54) is 6.42 Å². The summed E-state index contributed by atoms with van der Waals surface area (Å²) in [6.07, 6.45) is 4.88. The number of nitrogens with one attached hydrogen (secondary N) is 1. The van der Waals surface area contributed by atoms with Gasteiger partial charge in [-0.1, -0.05) is 48.5 Å². The smallest absolute Gasteiger partial charge is 0.250 e. The molecule has 0 radical (unpaired) electrons. The molecule has 1 aliphatic carbocycles. The van der Waals surface area contributed by atoms with E-state index in [0.717, 1.165) is 31.2 Å². The molecule has 0 unspecified atom stereocenters. The van der Waals surface area contributed by atoms with Crippen molar-refractivity contribution in [3.63, 3.8) is 0 Å². The van der Waals surface area contributed by atoms with Crippen molar-refractivity contribution in [1.29, 1.82) is 0 Å². The summed E-state index contributed by atoms with van der Waals surface area (Å²) >= 11 is 11.9. The molecule has 0 bridgehead atoms. The Morgan fingerprint density at radius 1 is 1.30 bits per heavy atom. The summed E-state index contributed by atoms with van der Waals surface area (Å²) in [5.74, 6) is -0.177. The molecule has 1 amide bonds. The second-order valence-corrected chi connectivity index (χ2v) is 7.04. The molecule has 1 aliphatic rings. The Hall–Kier alpha value is -0.810. The maximum atomic E-state index is 12.1. The molecule has 1 aromatic rings. The average Bonchev–Trinajstić information content (AvgIpc) is 2.56. The van der Waals surface area contributed by atoms with Crippen LogP contribution in [0.2, 0.25) is 10.0 Å². The van der Waals surface area contributed by atoms with E-state index < -0.39 is 18.1 Å². The van der Waals surface area contributed by atoms with Crippen LogP contribution in [-0.4, -0.2) is 29.7 Å². The Morgan fingerprint density at radius 3 is 2.65 bits per heavy atom. The molecule has 0 spiro atoms. The van der Waals surface area contributed by atoms with Gasteiger partial charge in [0.05, 0.1) is 0 Å². The largest absolute Gasteiger partial charge is 0.382 e. The highest BCUT2D eigenvalue weighted by Gasteiger charge is 2.30. The van der Waals surface area contributed by atoms with Gasteiger partial charge in [-0.3, -0.25) is 4.79 Å². The lowest BCUT2D eigenvalue weighted by atomic mass is 9.82. The van der Waals surface area contributed by atoms with Gasteiger partial charge >= 0.3 is 0 Å². The predicted molar refractivity (Wildman–Crippen MR) is 93.7 cm³/mol. The molecule has 2 atom stereocenters. The summed E-state index contributed by atoms with van der Waals surface area (Å²) in [4.78, 5) is 12.1. The van der Waals surface area contributed by atoms with E-state index in [1.807, 2.05) is 6.07 Å². The van der Waals surface area contributed by atoms with Crippen LogP contribution in [0.5, 0.6) is 0 Å². The van der Waals surface area contributed by atoms with Crippen LogP contribution in [0.1, 0.15) is 37.7 Å². The fourth-order valence-corrected chi connectivity index (χ4v) is 3.60. The maximum Gasteiger partial charge on any atom is 0.250 e. The molecule has 0 saturated heterocycles. The van der Waals surface area contributed by atoms with Gasteiger partial charge in [-0.05, 0) is 42.9 Å². The second-order valence-electron chi connectivity index (χ2n) is 6.20. The van der Waals surface area contributed by atoms with E-state index in [9.17, 15) is 9.90 Å². The zero-order valence-electron chi connectivity index (χ0n) is 13.1. The van der Waals surface area contributed by atoms with Crippen molar-refractivity contribution in [3.05, 3.63) is 33.8 Å². The van der Waals surface area contributed by atoms with Gasteiger partial charge in [0, 0.05) is 22.6 Å². The molecule has 0 heterocycles. The molecule has 1 fully saturated rings. The van der Waals surface area contributed by atoms with Crippen LogP contribution in [0.3, 0.4) is 0 Å². The molecular formula is C17H24Cl2N2O2. The first kappa shape index (κ1) is 18.5. The lowest BCUT2D eigenvalue weighted by Gasteiger charge is -2.30. The minimum absolute atomic E-state index is 0.232. The number of benzene rings is 1. The molecule has 1 aromatic carbocycles. The number of halogens is 2. The zero-order valence-corrected chi connectivity index (χ0v) is 14.6. The number of amides is 1. The molecule has 4 nitrogen and oxygen atoms in total. The van der Waals surface area contributed by atoms with Crippen molar-refractivity contribution in [2.24, 2.45) is 11.7 Å². The van der Waals surface area contributed by atoms with E-state index in [4.69, 9.17) is 28.9 Å². The summed E-state index contributed by atoms with van der Waals surface area (Å²) < 4.78 is 0. The number of carbonyl (C=O) groups excluding carboxylic acids is 1. The summed E-state index contributed by atoms with van der Waals surface area (Å²) in [7, 11) is 0. The topological polar surface area (TPSA) is 75.3 Å². The Labute approximate surface area is 147 Å². The summed E-state index contributed by atoms with van der Waals surface area (Å²) in [5, 5.41) is 14.0. The standard InChI is InChI=1S/C17H24Cl2N2O2/c18-13-7-6-11(14(19)10-13)8-9-21-17(23)16(22)15(20)12-4-2-1-3-5-12/h6-7,10,12,15-16,22H,1-5,8-9,20H2,(H,21,23)/t15-,16+/m1/s1. The maximum absolute atomic E-state index is 12.1. The summed E-state index contributed by atoms with van der Waals surface area (Å²) in [5.41, 5.74) is 6.97. The molecule has 6 heteroatoms. The Morgan fingerprint density at radius 2 is 2.00 bits per heavy atom. The third kappa shape index (κ3) is 5.35. The van der Waals surface area contributed by atoms with Crippen LogP contribution < -0.4 is 11.1 Å². The lowest BCUT2D eigenvalue weighted by Crippen LogP contribution is -2.50. The highest BCUT2D eigenvalue weighted by molar-refractivity contribution is 6.35. The van der Waals surface area contributed by atoms with E-state index in [0.29, 0.717) is 23.0 Å². The van der Waals surface area contributed by atoms with Gasteiger partial charge in [0.2, 0.25) is 5.91 Å². The molecule has 128 valence electrons. The number of aliphatic hydroxyl groups is 1. The van der Waals surface area contributed by atoms with Crippen LogP contribution in [0.15, 0.2) is 18.2 Å². The first-order chi connectivity index (χ1) is 11.0. The van der Waals surface area contributed by atoms with Crippen LogP contribution in [0, 0.1) is 5.92 Å². The third-order valence-corrected chi connectivity index (χ3v) is 5.12. The first-order valence-electron chi connectivity index (χ1n) is 8.14. The van der Waals surface area contributed by atoms with Crippen molar-refractivity contribution >= 4 is 29.1 Å². The number of aliphatic hydroxyl groups excluding tert-OH is 1. The first-order valence-corrected chi connectivity index (χ1v) is 8.90. The highest BCUT2D eigenvalue weighted by Crippen LogP contribution is 2.27. The number of hydrogen-bond acceptors (Lipinski definition) is 3. The van der Waals surface area contributed by atoms with E-state index in [1.54, 1.807) is 12.1 Å². The van der Waals surface area contributed by atoms with Gasteiger partial charge in [0.1, 0.15) is 6.10 Å². The zero-order chi connectivity index (χ0) is 16.8. The van der Waals surface area contributed by atoms with E-state index in [2.05, 4.69) is 5.32 Å². The summed E-state index contributed by atoms with van der Waals surface area (Å²) in [6.45, 7) is 0.397. The van der Waals surface area contributed by atoms with E-state index in [-0.39, 0.29) is 5.92 Å². The SMILES string of the molecule is N[C@H](C1CCCCC1)[C@H](O)C(=O)NCCc1ccc(Cl)cc1Cl. The Bertz CT molecular complexity index is 533. The highest BCUT2D eigenvalue weighted by atomic mass is 35.5. The van der Waals surface area contributed by atoms with Gasteiger partial charge in [0.15, 0.2) is 0 Å². The van der Waals surface area contributed by atoms with Gasteiger partial charge < -0.3 is 16.2 Å². The molecule has 0 aliphatic heterocycles. The Balaban J connectivity index is 1.79.